The molecule has 0 heterocycles. The molecule has 1 fully saturated rings. The Kier molecular flexibility index (Phi) is 5.00. The first-order chi connectivity index (χ1) is 7.15. The molecule has 0 aromatic heterocycles. The van der Waals surface area contributed by atoms with Crippen LogP contribution in [0.5, 0.6) is 0 Å². The molecule has 0 N–H and O–H groups in total. The Morgan fingerprint density at radius 1 is 1.40 bits per heavy atom. The quantitative estimate of drug-likeness (QED) is 0.631. The van der Waals surface area contributed by atoms with Gasteiger partial charge in [-0.15, -0.1) is 0 Å². The van der Waals surface area contributed by atoms with E-state index in [1.807, 2.05) is 0 Å². The third-order valence-electron chi connectivity index (χ3n) is 3.41. The second-order valence-corrected chi connectivity index (χ2v) is 4.77. The van der Waals surface area contributed by atoms with Crippen molar-refractivity contribution in [2.75, 3.05) is 0 Å². The van der Waals surface area contributed by atoms with Crippen molar-refractivity contribution in [3.8, 4) is 0 Å². The van der Waals surface area contributed by atoms with Crippen molar-refractivity contribution in [3.05, 3.63) is 0 Å². The van der Waals surface area contributed by atoms with Crippen molar-refractivity contribution in [3.63, 3.8) is 0 Å². The summed E-state index contributed by atoms with van der Waals surface area (Å²) in [6.07, 6.45) is 6.80. The molecule has 0 amide bonds. The van der Waals surface area contributed by atoms with Crippen molar-refractivity contribution in [2.24, 2.45) is 11.8 Å². The maximum absolute atomic E-state index is 11.6. The molecule has 2 atom stereocenters. The van der Waals surface area contributed by atoms with Gasteiger partial charge in [0.25, 0.3) is 0 Å². The van der Waals surface area contributed by atoms with Crippen molar-refractivity contribution >= 4 is 11.6 Å². The highest BCUT2D eigenvalue weighted by Gasteiger charge is 2.34. The van der Waals surface area contributed by atoms with Crippen molar-refractivity contribution in [2.45, 2.75) is 58.8 Å². The topological polar surface area (TPSA) is 34.1 Å². The smallest absolute Gasteiger partial charge is 0.136 e. The highest BCUT2D eigenvalue weighted by molar-refractivity contribution is 5.85. The van der Waals surface area contributed by atoms with Gasteiger partial charge in [-0.1, -0.05) is 26.2 Å². The zero-order valence-electron chi connectivity index (χ0n) is 9.92. The minimum atomic E-state index is 0.195. The van der Waals surface area contributed by atoms with E-state index in [0.717, 1.165) is 19.3 Å². The average Bonchev–Trinajstić information content (AvgIpc) is 2.49. The van der Waals surface area contributed by atoms with Crippen LogP contribution in [0.4, 0.5) is 0 Å². The Bertz CT molecular complexity index is 233. The summed E-state index contributed by atoms with van der Waals surface area (Å²) >= 11 is 0. The van der Waals surface area contributed by atoms with Crippen LogP contribution < -0.4 is 0 Å². The summed E-state index contributed by atoms with van der Waals surface area (Å²) in [6, 6.07) is 0. The lowest BCUT2D eigenvalue weighted by Gasteiger charge is -2.16. The molecule has 15 heavy (non-hydrogen) atoms. The fraction of sp³-hybridized carbons (Fsp3) is 0.846. The zero-order chi connectivity index (χ0) is 11.3. The first-order valence-corrected chi connectivity index (χ1v) is 6.17. The van der Waals surface area contributed by atoms with Crippen molar-refractivity contribution < 1.29 is 9.59 Å². The molecule has 0 aromatic rings. The lowest BCUT2D eigenvalue weighted by atomic mass is 9.87. The van der Waals surface area contributed by atoms with E-state index in [2.05, 4.69) is 6.92 Å². The second kappa shape index (κ2) is 6.04. The summed E-state index contributed by atoms with van der Waals surface area (Å²) in [4.78, 5) is 22.7. The predicted octanol–water partition coefficient (Wildman–Crippen LogP) is 3.14. The van der Waals surface area contributed by atoms with E-state index in [0.29, 0.717) is 24.5 Å². The van der Waals surface area contributed by atoms with E-state index in [1.54, 1.807) is 6.92 Å². The number of rotatable bonds is 6. The molecule has 0 unspecified atom stereocenters. The zero-order valence-corrected chi connectivity index (χ0v) is 9.92. The van der Waals surface area contributed by atoms with E-state index in [9.17, 15) is 9.59 Å². The third-order valence-corrected chi connectivity index (χ3v) is 3.41. The first-order valence-electron chi connectivity index (χ1n) is 6.17. The summed E-state index contributed by atoms with van der Waals surface area (Å²) in [7, 11) is 0. The Labute approximate surface area is 92.4 Å². The van der Waals surface area contributed by atoms with Crippen LogP contribution in [0.15, 0.2) is 0 Å². The highest BCUT2D eigenvalue weighted by atomic mass is 16.1. The number of carbonyl (C=O) groups is 2. The summed E-state index contributed by atoms with van der Waals surface area (Å²) in [5.74, 6) is 1.18. The molecule has 0 radical (unpaired) electrons. The van der Waals surface area contributed by atoms with Gasteiger partial charge in [0.15, 0.2) is 0 Å². The van der Waals surface area contributed by atoms with E-state index in [4.69, 9.17) is 0 Å². The number of hydrogen-bond acceptors (Lipinski definition) is 2. The lowest BCUT2D eigenvalue weighted by molar-refractivity contribution is -0.122. The number of hydrogen-bond donors (Lipinski definition) is 0. The summed E-state index contributed by atoms with van der Waals surface area (Å²) in [6.45, 7) is 3.80. The molecular formula is C13H22O2. The minimum Gasteiger partial charge on any atom is -0.300 e. The van der Waals surface area contributed by atoms with Gasteiger partial charge in [-0.2, -0.15) is 0 Å². The van der Waals surface area contributed by atoms with Gasteiger partial charge in [0.2, 0.25) is 0 Å². The highest BCUT2D eigenvalue weighted by Crippen LogP contribution is 2.35. The fourth-order valence-corrected chi connectivity index (χ4v) is 2.60. The van der Waals surface area contributed by atoms with Gasteiger partial charge in [-0.25, -0.2) is 0 Å². The van der Waals surface area contributed by atoms with Crippen LogP contribution in [-0.2, 0) is 9.59 Å². The molecule has 2 heteroatoms. The number of Topliss-reactive ketones (excluding diaryl/α,β-unsaturated/α-hetero) is 2. The monoisotopic (exact) mass is 210 g/mol. The van der Waals surface area contributed by atoms with Crippen LogP contribution in [0, 0.1) is 11.8 Å². The Morgan fingerprint density at radius 3 is 2.73 bits per heavy atom. The Balaban J connectivity index is 2.41. The molecule has 1 aliphatic carbocycles. The first kappa shape index (κ1) is 12.4. The van der Waals surface area contributed by atoms with E-state index < -0.39 is 0 Å². The van der Waals surface area contributed by atoms with Gasteiger partial charge in [0.05, 0.1) is 0 Å². The van der Waals surface area contributed by atoms with Crippen LogP contribution in [0.3, 0.4) is 0 Å². The molecule has 1 rings (SSSR count). The molecule has 86 valence electrons. The van der Waals surface area contributed by atoms with Crippen LogP contribution in [0.25, 0.3) is 0 Å². The van der Waals surface area contributed by atoms with E-state index in [1.165, 1.54) is 12.8 Å². The molecule has 1 saturated carbocycles. The molecule has 0 saturated heterocycles. The Hall–Kier alpha value is -0.660. The molecule has 0 bridgehead atoms. The van der Waals surface area contributed by atoms with Gasteiger partial charge in [0.1, 0.15) is 11.6 Å². The Morgan fingerprint density at radius 2 is 2.13 bits per heavy atom. The molecule has 0 aromatic carbocycles. The molecule has 2 nitrogen and oxygen atoms in total. The van der Waals surface area contributed by atoms with E-state index >= 15 is 0 Å². The van der Waals surface area contributed by atoms with Gasteiger partial charge in [-0.05, 0) is 25.7 Å². The molecular weight excluding hydrogens is 188 g/mol. The van der Waals surface area contributed by atoms with Crippen molar-refractivity contribution in [1.82, 2.24) is 0 Å². The van der Waals surface area contributed by atoms with Crippen LogP contribution in [0.1, 0.15) is 58.8 Å². The predicted molar refractivity (Wildman–Crippen MR) is 60.7 cm³/mol. The largest absolute Gasteiger partial charge is 0.300 e. The lowest BCUT2D eigenvalue weighted by Crippen LogP contribution is -2.17. The minimum absolute atomic E-state index is 0.195. The fourth-order valence-electron chi connectivity index (χ4n) is 2.60. The van der Waals surface area contributed by atoms with Crippen LogP contribution >= 0.6 is 0 Å². The van der Waals surface area contributed by atoms with Gasteiger partial charge >= 0.3 is 0 Å². The maximum atomic E-state index is 11.6. The summed E-state index contributed by atoms with van der Waals surface area (Å²) in [5, 5.41) is 0. The number of unbranched alkanes of at least 4 members (excludes halogenated alkanes) is 2. The van der Waals surface area contributed by atoms with Gasteiger partial charge in [-0.3, -0.25) is 4.79 Å². The normalized spacial score (nSPS) is 25.9. The van der Waals surface area contributed by atoms with E-state index in [-0.39, 0.29) is 11.7 Å². The molecule has 1 aliphatic rings. The SMILES string of the molecule is CCCCC[C@H]1C(=O)CC[C@@H]1CC(C)=O. The van der Waals surface area contributed by atoms with Crippen molar-refractivity contribution in [1.29, 1.82) is 0 Å². The molecule has 0 spiro atoms. The average molecular weight is 210 g/mol. The number of ketones is 2. The summed E-state index contributed by atoms with van der Waals surface area (Å²) in [5.41, 5.74) is 0. The van der Waals surface area contributed by atoms with Crippen LogP contribution in [-0.4, -0.2) is 11.6 Å². The standard InChI is InChI=1S/C13H22O2/c1-3-4-5-6-12-11(9-10(2)14)7-8-13(12)15/h11-12H,3-9H2,1-2H3/t11-,12-/m1/s1. The third kappa shape index (κ3) is 3.77. The second-order valence-electron chi connectivity index (χ2n) is 4.77. The molecule has 0 aliphatic heterocycles. The van der Waals surface area contributed by atoms with Crippen LogP contribution in [0.2, 0.25) is 0 Å². The maximum Gasteiger partial charge on any atom is 0.136 e. The number of carbonyl (C=O) groups excluding carboxylic acids is 2. The van der Waals surface area contributed by atoms with Gasteiger partial charge in [0, 0.05) is 18.8 Å². The summed E-state index contributed by atoms with van der Waals surface area (Å²) < 4.78 is 0. The van der Waals surface area contributed by atoms with Gasteiger partial charge < -0.3 is 4.79 Å².